The van der Waals surface area contributed by atoms with Crippen molar-refractivity contribution in [3.63, 3.8) is 0 Å². The summed E-state index contributed by atoms with van der Waals surface area (Å²) < 4.78 is 5.39. The molecule has 1 aliphatic rings. The van der Waals surface area contributed by atoms with Crippen LogP contribution in [-0.4, -0.2) is 40.1 Å². The van der Waals surface area contributed by atoms with Gasteiger partial charge in [0.15, 0.2) is 5.82 Å². The molecule has 0 aliphatic carbocycles. The summed E-state index contributed by atoms with van der Waals surface area (Å²) in [5, 5.41) is 7.67. The van der Waals surface area contributed by atoms with E-state index in [9.17, 15) is 4.79 Å². The van der Waals surface area contributed by atoms with E-state index in [0.29, 0.717) is 24.3 Å². The quantitative estimate of drug-likeness (QED) is 0.872. The fraction of sp³-hybridized carbons (Fsp3) is 0.824. The normalized spacial score (nSPS) is 23.3. The highest BCUT2D eigenvalue weighted by atomic mass is 16.5. The standard InChI is InChI=1S/C17H30N4O2/c1-6-13-10-21(15(22)7-2)9-8-14(13)18-12(5)17-19-16(11(3)4)20-23-17/h11-14,18H,6-10H2,1-5H3/t12-,13-,14-/m0/s1. The van der Waals surface area contributed by atoms with E-state index >= 15 is 0 Å². The highest BCUT2D eigenvalue weighted by molar-refractivity contribution is 5.75. The molecule has 130 valence electrons. The Balaban J connectivity index is 1.97. The van der Waals surface area contributed by atoms with Crippen molar-refractivity contribution in [2.45, 2.75) is 71.9 Å². The Morgan fingerprint density at radius 2 is 2.13 bits per heavy atom. The SMILES string of the molecule is CCC(=O)N1CC[C@H](N[C@@H](C)c2nc(C(C)C)no2)[C@@H](CC)C1. The Kier molecular flexibility index (Phi) is 6.16. The molecule has 0 aromatic carbocycles. The van der Waals surface area contributed by atoms with Crippen LogP contribution >= 0.6 is 0 Å². The molecule has 2 rings (SSSR count). The van der Waals surface area contributed by atoms with Gasteiger partial charge in [0.1, 0.15) is 0 Å². The first-order valence-electron chi connectivity index (χ1n) is 8.83. The van der Waals surface area contributed by atoms with Gasteiger partial charge in [0, 0.05) is 31.5 Å². The largest absolute Gasteiger partial charge is 0.342 e. The highest BCUT2D eigenvalue weighted by Crippen LogP contribution is 2.24. The van der Waals surface area contributed by atoms with Crippen LogP contribution in [0.5, 0.6) is 0 Å². The van der Waals surface area contributed by atoms with E-state index < -0.39 is 0 Å². The fourth-order valence-electron chi connectivity index (χ4n) is 3.17. The molecular weight excluding hydrogens is 292 g/mol. The molecule has 1 amide bonds. The molecule has 1 aromatic rings. The highest BCUT2D eigenvalue weighted by Gasteiger charge is 2.31. The second-order valence-electron chi connectivity index (χ2n) is 6.79. The molecule has 0 spiro atoms. The first-order valence-corrected chi connectivity index (χ1v) is 8.83. The number of piperidine rings is 1. The number of carbonyl (C=O) groups is 1. The van der Waals surface area contributed by atoms with Gasteiger partial charge in [-0.25, -0.2) is 0 Å². The third kappa shape index (κ3) is 4.31. The van der Waals surface area contributed by atoms with Crippen molar-refractivity contribution in [1.82, 2.24) is 20.4 Å². The molecule has 0 bridgehead atoms. The first kappa shape index (κ1) is 17.9. The number of nitrogens with one attached hydrogen (secondary N) is 1. The van der Waals surface area contributed by atoms with Crippen molar-refractivity contribution in [2.75, 3.05) is 13.1 Å². The van der Waals surface area contributed by atoms with Crippen LogP contribution in [0.4, 0.5) is 0 Å². The van der Waals surface area contributed by atoms with E-state index in [-0.39, 0.29) is 17.9 Å². The molecule has 6 heteroatoms. The summed E-state index contributed by atoms with van der Waals surface area (Å²) in [6, 6.07) is 0.410. The second kappa shape index (κ2) is 7.90. The topological polar surface area (TPSA) is 71.3 Å². The maximum atomic E-state index is 11.9. The van der Waals surface area contributed by atoms with Crippen LogP contribution in [0.1, 0.15) is 77.6 Å². The Morgan fingerprint density at radius 1 is 1.39 bits per heavy atom. The molecule has 1 aliphatic heterocycles. The van der Waals surface area contributed by atoms with Gasteiger partial charge in [-0.2, -0.15) is 4.98 Å². The number of amides is 1. The van der Waals surface area contributed by atoms with Crippen LogP contribution in [-0.2, 0) is 4.79 Å². The first-order chi connectivity index (χ1) is 11.0. The molecule has 1 saturated heterocycles. The minimum absolute atomic E-state index is 0.0301. The van der Waals surface area contributed by atoms with Gasteiger partial charge in [0.05, 0.1) is 6.04 Å². The minimum Gasteiger partial charge on any atom is -0.342 e. The molecule has 1 fully saturated rings. The Bertz CT molecular complexity index is 514. The van der Waals surface area contributed by atoms with Crippen LogP contribution in [0.25, 0.3) is 0 Å². The number of carbonyl (C=O) groups excluding carboxylic acids is 1. The van der Waals surface area contributed by atoms with Crippen LogP contribution in [0.15, 0.2) is 4.52 Å². The van der Waals surface area contributed by atoms with E-state index in [4.69, 9.17) is 4.52 Å². The van der Waals surface area contributed by atoms with Crippen molar-refractivity contribution in [1.29, 1.82) is 0 Å². The van der Waals surface area contributed by atoms with Crippen LogP contribution in [0.2, 0.25) is 0 Å². The van der Waals surface area contributed by atoms with E-state index in [1.165, 1.54) is 0 Å². The van der Waals surface area contributed by atoms with Gasteiger partial charge >= 0.3 is 0 Å². The van der Waals surface area contributed by atoms with E-state index in [1.54, 1.807) is 0 Å². The summed E-state index contributed by atoms with van der Waals surface area (Å²) in [5.41, 5.74) is 0. The zero-order valence-corrected chi connectivity index (χ0v) is 15.0. The van der Waals surface area contributed by atoms with Gasteiger partial charge in [-0.15, -0.1) is 0 Å². The number of aromatic nitrogens is 2. The smallest absolute Gasteiger partial charge is 0.243 e. The lowest BCUT2D eigenvalue weighted by atomic mass is 9.89. The maximum absolute atomic E-state index is 11.9. The van der Waals surface area contributed by atoms with Crippen molar-refractivity contribution < 1.29 is 9.32 Å². The fourth-order valence-corrected chi connectivity index (χ4v) is 3.17. The molecule has 2 heterocycles. The van der Waals surface area contributed by atoms with Crippen molar-refractivity contribution >= 4 is 5.91 Å². The Labute approximate surface area is 139 Å². The van der Waals surface area contributed by atoms with Gasteiger partial charge in [-0.3, -0.25) is 4.79 Å². The van der Waals surface area contributed by atoms with Gasteiger partial charge in [0.2, 0.25) is 11.8 Å². The summed E-state index contributed by atoms with van der Waals surface area (Å²) >= 11 is 0. The molecule has 1 N–H and O–H groups in total. The average Bonchev–Trinajstić information content (AvgIpc) is 3.04. The van der Waals surface area contributed by atoms with Crippen molar-refractivity contribution in [2.24, 2.45) is 5.92 Å². The molecule has 6 nitrogen and oxygen atoms in total. The Hall–Kier alpha value is -1.43. The van der Waals surface area contributed by atoms with E-state index in [0.717, 1.165) is 31.8 Å². The third-order valence-corrected chi connectivity index (χ3v) is 4.72. The van der Waals surface area contributed by atoms with E-state index in [1.807, 2.05) is 11.8 Å². The van der Waals surface area contributed by atoms with Gasteiger partial charge in [-0.05, 0) is 19.3 Å². The number of nitrogens with zero attached hydrogens (tertiary/aromatic N) is 3. The number of hydrogen-bond acceptors (Lipinski definition) is 5. The molecule has 0 radical (unpaired) electrons. The molecular formula is C17H30N4O2. The van der Waals surface area contributed by atoms with Gasteiger partial charge in [0.25, 0.3) is 0 Å². The molecule has 1 aromatic heterocycles. The molecule has 0 saturated carbocycles. The summed E-state index contributed by atoms with van der Waals surface area (Å²) in [6.45, 7) is 12.0. The molecule has 0 unspecified atom stereocenters. The zero-order valence-electron chi connectivity index (χ0n) is 15.0. The Morgan fingerprint density at radius 3 is 2.70 bits per heavy atom. The van der Waals surface area contributed by atoms with Gasteiger partial charge in [-0.1, -0.05) is 39.3 Å². The third-order valence-electron chi connectivity index (χ3n) is 4.72. The number of likely N-dealkylation sites (tertiary alicyclic amines) is 1. The lowest BCUT2D eigenvalue weighted by Gasteiger charge is -2.39. The van der Waals surface area contributed by atoms with E-state index in [2.05, 4.69) is 43.2 Å². The minimum atomic E-state index is 0.0301. The summed E-state index contributed by atoms with van der Waals surface area (Å²) in [5.74, 6) is 2.40. The lowest BCUT2D eigenvalue weighted by Crippen LogP contribution is -2.51. The number of hydrogen-bond donors (Lipinski definition) is 1. The maximum Gasteiger partial charge on any atom is 0.243 e. The molecule has 23 heavy (non-hydrogen) atoms. The van der Waals surface area contributed by atoms with Crippen LogP contribution in [0, 0.1) is 5.92 Å². The van der Waals surface area contributed by atoms with Gasteiger partial charge < -0.3 is 14.7 Å². The summed E-state index contributed by atoms with van der Waals surface area (Å²) in [4.78, 5) is 18.4. The zero-order chi connectivity index (χ0) is 17.0. The van der Waals surface area contributed by atoms with Crippen LogP contribution in [0.3, 0.4) is 0 Å². The predicted octanol–water partition coefficient (Wildman–Crippen LogP) is 2.88. The summed E-state index contributed by atoms with van der Waals surface area (Å²) in [6.07, 6.45) is 2.61. The summed E-state index contributed by atoms with van der Waals surface area (Å²) in [7, 11) is 0. The average molecular weight is 322 g/mol. The lowest BCUT2D eigenvalue weighted by molar-refractivity contribution is -0.133. The predicted molar refractivity (Wildman–Crippen MR) is 89.0 cm³/mol. The van der Waals surface area contributed by atoms with Crippen molar-refractivity contribution in [3.05, 3.63) is 11.7 Å². The number of rotatable bonds is 6. The van der Waals surface area contributed by atoms with Crippen molar-refractivity contribution in [3.8, 4) is 0 Å². The van der Waals surface area contributed by atoms with Crippen LogP contribution < -0.4 is 5.32 Å². The monoisotopic (exact) mass is 322 g/mol. The molecule has 3 atom stereocenters. The second-order valence-corrected chi connectivity index (χ2v) is 6.79.